The minimum Gasteiger partial charge on any atom is -0.325 e. The Morgan fingerprint density at radius 1 is 1.33 bits per heavy atom. The molecule has 1 aromatic rings. The van der Waals surface area contributed by atoms with Crippen LogP contribution in [0, 0.1) is 16.7 Å². The molecule has 3 nitrogen and oxygen atoms in total. The van der Waals surface area contributed by atoms with Gasteiger partial charge in [-0.25, -0.2) is 0 Å². The van der Waals surface area contributed by atoms with Crippen LogP contribution in [0.1, 0.15) is 32.4 Å². The topological polar surface area (TPSA) is 44.1 Å². The first-order valence-electron chi connectivity index (χ1n) is 5.69. The van der Waals surface area contributed by atoms with Crippen LogP contribution in [0.2, 0.25) is 0 Å². The molecule has 0 spiro atoms. The van der Waals surface area contributed by atoms with Crippen LogP contribution in [0.3, 0.4) is 0 Å². The molecule has 0 fully saturated rings. The molecular weight excluding hydrogens is 292 g/mol. The highest BCUT2D eigenvalue weighted by molar-refractivity contribution is 9.10. The lowest BCUT2D eigenvalue weighted by atomic mass is 9.93. The number of nitrogens with zero attached hydrogens (tertiary/aromatic N) is 2. The van der Waals surface area contributed by atoms with Crippen molar-refractivity contribution in [2.24, 2.45) is 5.41 Å². The highest BCUT2D eigenvalue weighted by Crippen LogP contribution is 2.25. The van der Waals surface area contributed by atoms with E-state index >= 15 is 0 Å². The average Bonchev–Trinajstić information content (AvgIpc) is 2.30. The maximum absolute atomic E-state index is 12.2. The predicted octanol–water partition coefficient (Wildman–Crippen LogP) is 3.52. The van der Waals surface area contributed by atoms with E-state index in [0.29, 0.717) is 0 Å². The van der Waals surface area contributed by atoms with Crippen LogP contribution >= 0.6 is 15.9 Å². The van der Waals surface area contributed by atoms with Gasteiger partial charge in [0, 0.05) is 16.9 Å². The summed E-state index contributed by atoms with van der Waals surface area (Å²) in [7, 11) is 1.67. The molecular formula is C14H17BrN2O. The van der Waals surface area contributed by atoms with Crippen molar-refractivity contribution in [2.45, 2.75) is 26.8 Å². The predicted molar refractivity (Wildman–Crippen MR) is 74.7 cm³/mol. The minimum atomic E-state index is -0.551. The van der Waals surface area contributed by atoms with Crippen LogP contribution in [-0.2, 0) is 4.79 Å². The minimum absolute atomic E-state index is 0.0445. The molecule has 0 radical (unpaired) electrons. The molecule has 1 aromatic carbocycles. The summed E-state index contributed by atoms with van der Waals surface area (Å²) in [5.41, 5.74) is 0.333. The maximum atomic E-state index is 12.2. The number of benzene rings is 1. The smallest absolute Gasteiger partial charge is 0.229 e. The number of nitriles is 1. The molecule has 1 rings (SSSR count). The summed E-state index contributed by atoms with van der Waals surface area (Å²) in [6.45, 7) is 5.55. The Labute approximate surface area is 117 Å². The van der Waals surface area contributed by atoms with Gasteiger partial charge in [0.25, 0.3) is 0 Å². The van der Waals surface area contributed by atoms with Gasteiger partial charge in [0.2, 0.25) is 5.91 Å². The largest absolute Gasteiger partial charge is 0.325 e. The molecule has 1 unspecified atom stereocenters. The third kappa shape index (κ3) is 3.33. The highest BCUT2D eigenvalue weighted by Gasteiger charge is 2.30. The van der Waals surface area contributed by atoms with E-state index in [-0.39, 0.29) is 5.91 Å². The van der Waals surface area contributed by atoms with E-state index < -0.39 is 11.5 Å². The summed E-state index contributed by atoms with van der Waals surface area (Å²) in [4.78, 5) is 13.7. The molecule has 0 N–H and O–H groups in total. The summed E-state index contributed by atoms with van der Waals surface area (Å²) < 4.78 is 0.952. The van der Waals surface area contributed by atoms with Crippen LogP contribution in [0.15, 0.2) is 28.7 Å². The number of carbonyl (C=O) groups excluding carboxylic acids is 1. The molecule has 1 amide bonds. The molecule has 1 atom stereocenters. The first kappa shape index (κ1) is 14.7. The van der Waals surface area contributed by atoms with Gasteiger partial charge in [0.1, 0.15) is 6.04 Å². The SMILES string of the molecule is CN(C(=O)C(C)(C)C)C(C#N)c1ccc(Br)cc1. The number of hydrogen-bond donors (Lipinski definition) is 0. The molecule has 0 saturated carbocycles. The molecule has 0 heterocycles. The number of carbonyl (C=O) groups is 1. The number of amides is 1. The Morgan fingerprint density at radius 2 is 1.83 bits per heavy atom. The normalized spacial score (nSPS) is 12.7. The van der Waals surface area contributed by atoms with E-state index in [2.05, 4.69) is 22.0 Å². The zero-order valence-electron chi connectivity index (χ0n) is 11.1. The van der Waals surface area contributed by atoms with Crippen LogP contribution in [-0.4, -0.2) is 17.9 Å². The molecule has 4 heteroatoms. The fourth-order valence-electron chi connectivity index (χ4n) is 1.68. The van der Waals surface area contributed by atoms with Crippen molar-refractivity contribution in [1.82, 2.24) is 4.90 Å². The lowest BCUT2D eigenvalue weighted by Crippen LogP contribution is -2.38. The molecule has 18 heavy (non-hydrogen) atoms. The van der Waals surface area contributed by atoms with Crippen LogP contribution in [0.5, 0.6) is 0 Å². The van der Waals surface area contributed by atoms with Gasteiger partial charge in [-0.3, -0.25) is 4.79 Å². The Balaban J connectivity index is 3.02. The maximum Gasteiger partial charge on any atom is 0.229 e. The quantitative estimate of drug-likeness (QED) is 0.839. The van der Waals surface area contributed by atoms with Crippen molar-refractivity contribution in [3.63, 3.8) is 0 Å². The van der Waals surface area contributed by atoms with E-state index in [1.165, 1.54) is 4.90 Å². The molecule has 0 saturated heterocycles. The molecule has 0 aliphatic carbocycles. The van der Waals surface area contributed by atoms with Crippen LogP contribution in [0.25, 0.3) is 0 Å². The highest BCUT2D eigenvalue weighted by atomic mass is 79.9. The standard InChI is InChI=1S/C14H17BrN2O/c1-14(2,3)13(18)17(4)12(9-16)10-5-7-11(15)8-6-10/h5-8,12H,1-4H3. The summed E-state index contributed by atoms with van der Waals surface area (Å²) in [5.74, 6) is -0.0445. The first-order valence-corrected chi connectivity index (χ1v) is 6.49. The number of hydrogen-bond acceptors (Lipinski definition) is 2. The molecule has 0 aromatic heterocycles. The van der Waals surface area contributed by atoms with Crippen molar-refractivity contribution in [2.75, 3.05) is 7.05 Å². The Hall–Kier alpha value is -1.34. The summed E-state index contributed by atoms with van der Waals surface area (Å²) in [6, 6.07) is 9.07. The number of rotatable bonds is 2. The second-order valence-electron chi connectivity index (χ2n) is 5.25. The Kier molecular flexibility index (Phi) is 4.53. The van der Waals surface area contributed by atoms with Crippen molar-refractivity contribution in [1.29, 1.82) is 5.26 Å². The van der Waals surface area contributed by atoms with E-state index in [1.807, 2.05) is 45.0 Å². The molecule has 0 aliphatic heterocycles. The second kappa shape index (κ2) is 5.53. The second-order valence-corrected chi connectivity index (χ2v) is 6.16. The van der Waals surface area contributed by atoms with E-state index in [0.717, 1.165) is 10.0 Å². The summed E-state index contributed by atoms with van der Waals surface area (Å²) >= 11 is 3.35. The van der Waals surface area contributed by atoms with Crippen molar-refractivity contribution in [3.8, 4) is 6.07 Å². The zero-order valence-corrected chi connectivity index (χ0v) is 12.7. The fraction of sp³-hybridized carbons (Fsp3) is 0.429. The summed E-state index contributed by atoms with van der Waals surface area (Å²) in [6.07, 6.45) is 0. The van der Waals surface area contributed by atoms with Gasteiger partial charge in [-0.05, 0) is 17.7 Å². The van der Waals surface area contributed by atoms with E-state index in [9.17, 15) is 10.1 Å². The van der Waals surface area contributed by atoms with Crippen LogP contribution in [0.4, 0.5) is 0 Å². The van der Waals surface area contributed by atoms with Gasteiger partial charge >= 0.3 is 0 Å². The summed E-state index contributed by atoms with van der Waals surface area (Å²) in [5, 5.41) is 9.28. The van der Waals surface area contributed by atoms with Gasteiger partial charge < -0.3 is 4.90 Å². The molecule has 96 valence electrons. The van der Waals surface area contributed by atoms with E-state index in [1.54, 1.807) is 7.05 Å². The number of halogens is 1. The monoisotopic (exact) mass is 308 g/mol. The van der Waals surface area contributed by atoms with Gasteiger partial charge in [-0.2, -0.15) is 5.26 Å². The van der Waals surface area contributed by atoms with E-state index in [4.69, 9.17) is 0 Å². The molecule has 0 bridgehead atoms. The first-order chi connectivity index (χ1) is 8.27. The van der Waals surface area contributed by atoms with Crippen molar-refractivity contribution < 1.29 is 4.79 Å². The van der Waals surface area contributed by atoms with Gasteiger partial charge in [-0.15, -0.1) is 0 Å². The van der Waals surface area contributed by atoms with Crippen molar-refractivity contribution >= 4 is 21.8 Å². The third-order valence-corrected chi connectivity index (χ3v) is 3.19. The average molecular weight is 309 g/mol. The lowest BCUT2D eigenvalue weighted by Gasteiger charge is -2.29. The third-order valence-electron chi connectivity index (χ3n) is 2.66. The van der Waals surface area contributed by atoms with Gasteiger partial charge in [0.15, 0.2) is 0 Å². The van der Waals surface area contributed by atoms with Gasteiger partial charge in [-0.1, -0.05) is 48.8 Å². The van der Waals surface area contributed by atoms with Crippen molar-refractivity contribution in [3.05, 3.63) is 34.3 Å². The lowest BCUT2D eigenvalue weighted by molar-refractivity contribution is -0.139. The Bertz CT molecular complexity index is 468. The van der Waals surface area contributed by atoms with Crippen LogP contribution < -0.4 is 0 Å². The zero-order chi connectivity index (χ0) is 13.9. The fourth-order valence-corrected chi connectivity index (χ4v) is 1.94. The van der Waals surface area contributed by atoms with Gasteiger partial charge in [0.05, 0.1) is 6.07 Å². The molecule has 0 aliphatic rings. The Morgan fingerprint density at radius 3 is 2.22 bits per heavy atom.